The number of hydrogen-bond donors (Lipinski definition) is 1. The third-order valence-corrected chi connectivity index (χ3v) is 4.12. The van der Waals surface area contributed by atoms with Crippen LogP contribution in [0, 0.1) is 0 Å². The molecule has 0 aliphatic carbocycles. The van der Waals surface area contributed by atoms with E-state index in [0.717, 1.165) is 29.5 Å². The number of amides is 1. The molecule has 0 bridgehead atoms. The zero-order chi connectivity index (χ0) is 11.8. The lowest BCUT2D eigenvalue weighted by Crippen LogP contribution is -2.47. The lowest BCUT2D eigenvalue weighted by molar-refractivity contribution is -0.117. The van der Waals surface area contributed by atoms with Gasteiger partial charge in [0, 0.05) is 22.6 Å². The second-order valence-corrected chi connectivity index (χ2v) is 5.63. The first-order chi connectivity index (χ1) is 8.25. The number of nitrogens with zero attached hydrogens (tertiary/aromatic N) is 1. The van der Waals surface area contributed by atoms with Crippen LogP contribution >= 0.6 is 15.9 Å². The smallest absolute Gasteiger partial charge is 0.228 e. The second-order valence-electron chi connectivity index (χ2n) is 4.72. The average molecular weight is 295 g/mol. The number of piperidine rings is 1. The highest BCUT2D eigenvalue weighted by Crippen LogP contribution is 2.32. The van der Waals surface area contributed by atoms with Gasteiger partial charge in [0.15, 0.2) is 0 Å². The van der Waals surface area contributed by atoms with Crippen LogP contribution in [-0.2, 0) is 4.79 Å². The minimum absolute atomic E-state index is 0.243. The van der Waals surface area contributed by atoms with Crippen molar-refractivity contribution in [1.29, 1.82) is 0 Å². The van der Waals surface area contributed by atoms with Crippen LogP contribution < -0.4 is 10.2 Å². The summed E-state index contributed by atoms with van der Waals surface area (Å²) in [5, 5.41) is 3.45. The molecule has 2 saturated heterocycles. The lowest BCUT2D eigenvalue weighted by Gasteiger charge is -2.32. The lowest BCUT2D eigenvalue weighted by atomic mass is 9.99. The maximum atomic E-state index is 12.1. The monoisotopic (exact) mass is 294 g/mol. The molecule has 2 unspecified atom stereocenters. The molecule has 90 valence electrons. The van der Waals surface area contributed by atoms with Gasteiger partial charge in [-0.15, -0.1) is 0 Å². The third-order valence-electron chi connectivity index (χ3n) is 3.63. The van der Waals surface area contributed by atoms with Crippen molar-refractivity contribution < 1.29 is 4.79 Å². The summed E-state index contributed by atoms with van der Waals surface area (Å²) in [4.78, 5) is 14.1. The van der Waals surface area contributed by atoms with Crippen LogP contribution in [0.5, 0.6) is 0 Å². The van der Waals surface area contributed by atoms with E-state index < -0.39 is 0 Å². The van der Waals surface area contributed by atoms with Crippen molar-refractivity contribution in [3.05, 3.63) is 28.7 Å². The van der Waals surface area contributed by atoms with Gasteiger partial charge in [-0.05, 0) is 37.6 Å². The molecule has 2 atom stereocenters. The van der Waals surface area contributed by atoms with Gasteiger partial charge in [-0.25, -0.2) is 0 Å². The van der Waals surface area contributed by atoms with E-state index >= 15 is 0 Å². The fourth-order valence-corrected chi connectivity index (χ4v) is 3.27. The van der Waals surface area contributed by atoms with Gasteiger partial charge in [0.1, 0.15) is 0 Å². The topological polar surface area (TPSA) is 32.3 Å². The van der Waals surface area contributed by atoms with Gasteiger partial charge in [0.25, 0.3) is 0 Å². The first-order valence-electron chi connectivity index (χ1n) is 6.07. The Balaban J connectivity index is 1.93. The van der Waals surface area contributed by atoms with Crippen LogP contribution in [0.3, 0.4) is 0 Å². The van der Waals surface area contributed by atoms with Gasteiger partial charge in [0.05, 0.1) is 6.04 Å². The summed E-state index contributed by atoms with van der Waals surface area (Å²) >= 11 is 3.46. The number of hydrogen-bond acceptors (Lipinski definition) is 2. The highest BCUT2D eigenvalue weighted by Gasteiger charge is 2.41. The van der Waals surface area contributed by atoms with E-state index in [9.17, 15) is 4.79 Å². The van der Waals surface area contributed by atoms with Crippen LogP contribution in [0.15, 0.2) is 28.7 Å². The summed E-state index contributed by atoms with van der Waals surface area (Å²) in [5.74, 6) is 0.243. The molecule has 2 aliphatic heterocycles. The molecule has 1 amide bonds. The predicted octanol–water partition coefficient (Wildman–Crippen LogP) is 2.31. The molecular weight excluding hydrogens is 280 g/mol. The molecule has 1 N–H and O–H groups in total. The Morgan fingerprint density at radius 1 is 1.41 bits per heavy atom. The van der Waals surface area contributed by atoms with Crippen molar-refractivity contribution in [3.8, 4) is 0 Å². The molecular formula is C13H15BrN2O. The molecule has 2 aliphatic rings. The molecule has 4 heteroatoms. The number of carbonyl (C=O) groups is 1. The molecule has 0 radical (unpaired) electrons. The molecule has 2 heterocycles. The van der Waals surface area contributed by atoms with Crippen molar-refractivity contribution in [1.82, 2.24) is 5.32 Å². The fraction of sp³-hybridized carbons (Fsp3) is 0.462. The molecule has 1 aromatic rings. The molecule has 17 heavy (non-hydrogen) atoms. The van der Waals surface area contributed by atoms with Gasteiger partial charge >= 0.3 is 0 Å². The Bertz CT molecular complexity index is 449. The molecule has 2 fully saturated rings. The Morgan fingerprint density at radius 2 is 2.29 bits per heavy atom. The normalized spacial score (nSPS) is 28.3. The third kappa shape index (κ3) is 2.00. The molecule has 1 aromatic carbocycles. The van der Waals surface area contributed by atoms with E-state index in [1.165, 1.54) is 0 Å². The number of fused-ring (bicyclic) bond motifs is 1. The zero-order valence-corrected chi connectivity index (χ0v) is 11.1. The first kappa shape index (κ1) is 11.2. The molecule has 0 saturated carbocycles. The van der Waals surface area contributed by atoms with E-state index in [-0.39, 0.29) is 5.91 Å². The predicted molar refractivity (Wildman–Crippen MR) is 71.1 cm³/mol. The molecule has 0 aromatic heterocycles. The van der Waals surface area contributed by atoms with Gasteiger partial charge in [0.2, 0.25) is 5.91 Å². The highest BCUT2D eigenvalue weighted by molar-refractivity contribution is 9.10. The number of carbonyl (C=O) groups excluding carboxylic acids is 1. The Kier molecular flexibility index (Phi) is 2.92. The molecule has 3 nitrogen and oxygen atoms in total. The van der Waals surface area contributed by atoms with Gasteiger partial charge in [-0.3, -0.25) is 4.79 Å². The maximum Gasteiger partial charge on any atom is 0.228 e. The quantitative estimate of drug-likeness (QED) is 0.862. The van der Waals surface area contributed by atoms with Crippen LogP contribution in [-0.4, -0.2) is 24.5 Å². The van der Waals surface area contributed by atoms with Crippen molar-refractivity contribution in [3.63, 3.8) is 0 Å². The average Bonchev–Trinajstić information content (AvgIpc) is 2.64. The second kappa shape index (κ2) is 4.42. The van der Waals surface area contributed by atoms with Crippen LogP contribution in [0.4, 0.5) is 5.69 Å². The summed E-state index contributed by atoms with van der Waals surface area (Å²) in [6, 6.07) is 8.69. The van der Waals surface area contributed by atoms with E-state index in [2.05, 4.69) is 21.2 Å². The number of benzene rings is 1. The van der Waals surface area contributed by atoms with Crippen LogP contribution in [0.25, 0.3) is 0 Å². The van der Waals surface area contributed by atoms with Crippen molar-refractivity contribution in [2.45, 2.75) is 31.3 Å². The number of anilines is 1. The fourth-order valence-electron chi connectivity index (χ4n) is 2.89. The van der Waals surface area contributed by atoms with E-state index in [1.807, 2.05) is 29.2 Å². The van der Waals surface area contributed by atoms with Gasteiger partial charge < -0.3 is 10.2 Å². The standard InChI is InChI=1S/C13H15BrN2O/c14-9-3-1-4-10(7-9)16-12-5-2-6-15-11(12)8-13(16)17/h1,3-4,7,11-12,15H,2,5-6,8H2. The summed E-state index contributed by atoms with van der Waals surface area (Å²) in [6.07, 6.45) is 2.89. The number of rotatable bonds is 1. The van der Waals surface area contributed by atoms with Crippen molar-refractivity contribution in [2.75, 3.05) is 11.4 Å². The Labute approximate surface area is 109 Å². The van der Waals surface area contributed by atoms with Crippen molar-refractivity contribution >= 4 is 27.5 Å². The Morgan fingerprint density at radius 3 is 3.12 bits per heavy atom. The molecule has 3 rings (SSSR count). The minimum atomic E-state index is 0.243. The molecule has 0 spiro atoms. The summed E-state index contributed by atoms with van der Waals surface area (Å²) in [5.41, 5.74) is 1.01. The van der Waals surface area contributed by atoms with Gasteiger partial charge in [-0.1, -0.05) is 22.0 Å². The highest BCUT2D eigenvalue weighted by atomic mass is 79.9. The van der Waals surface area contributed by atoms with Crippen molar-refractivity contribution in [2.24, 2.45) is 0 Å². The number of halogens is 1. The largest absolute Gasteiger partial charge is 0.311 e. The van der Waals surface area contributed by atoms with Crippen LogP contribution in [0.2, 0.25) is 0 Å². The Hall–Kier alpha value is -0.870. The summed E-state index contributed by atoms with van der Waals surface area (Å²) in [7, 11) is 0. The summed E-state index contributed by atoms with van der Waals surface area (Å²) in [6.45, 7) is 1.04. The minimum Gasteiger partial charge on any atom is -0.311 e. The summed E-state index contributed by atoms with van der Waals surface area (Å²) < 4.78 is 1.02. The number of nitrogens with one attached hydrogen (secondary N) is 1. The van der Waals surface area contributed by atoms with Gasteiger partial charge in [-0.2, -0.15) is 0 Å². The maximum absolute atomic E-state index is 12.1. The SMILES string of the molecule is O=C1CC2NCCCC2N1c1cccc(Br)c1. The van der Waals surface area contributed by atoms with E-state index in [1.54, 1.807) is 0 Å². The van der Waals surface area contributed by atoms with E-state index in [0.29, 0.717) is 18.5 Å². The van der Waals surface area contributed by atoms with Crippen LogP contribution in [0.1, 0.15) is 19.3 Å². The zero-order valence-electron chi connectivity index (χ0n) is 9.53. The van der Waals surface area contributed by atoms with E-state index in [4.69, 9.17) is 0 Å². The first-order valence-corrected chi connectivity index (χ1v) is 6.86.